The Kier molecular flexibility index (Phi) is 5.57. The smallest absolute Gasteiger partial charge is 0.270 e. The lowest BCUT2D eigenvalue weighted by molar-refractivity contribution is -0.384. The van der Waals surface area contributed by atoms with Crippen molar-refractivity contribution in [3.63, 3.8) is 0 Å². The molecule has 0 bridgehead atoms. The van der Waals surface area contributed by atoms with Gasteiger partial charge in [0.05, 0.1) is 34.0 Å². The van der Waals surface area contributed by atoms with Crippen LogP contribution in [-0.2, 0) is 11.3 Å². The molecule has 144 valence electrons. The summed E-state index contributed by atoms with van der Waals surface area (Å²) in [6.07, 6.45) is 2.14. The second-order valence-electron chi connectivity index (χ2n) is 6.52. The molecule has 2 aromatic carbocycles. The molecule has 1 aliphatic rings. The first-order valence-electron chi connectivity index (χ1n) is 8.96. The van der Waals surface area contributed by atoms with Gasteiger partial charge in [0.2, 0.25) is 0 Å². The van der Waals surface area contributed by atoms with Gasteiger partial charge in [0.1, 0.15) is 0 Å². The van der Waals surface area contributed by atoms with Crippen LogP contribution in [0, 0.1) is 10.1 Å². The van der Waals surface area contributed by atoms with E-state index in [9.17, 15) is 10.1 Å². The van der Waals surface area contributed by atoms with Crippen molar-refractivity contribution in [2.75, 3.05) is 6.61 Å². The number of aromatic nitrogens is 1. The first-order chi connectivity index (χ1) is 13.6. The van der Waals surface area contributed by atoms with Gasteiger partial charge < -0.3 is 9.30 Å². The first-order valence-corrected chi connectivity index (χ1v) is 10.2. The Morgan fingerprint density at radius 1 is 1.29 bits per heavy atom. The highest BCUT2D eigenvalue weighted by Crippen LogP contribution is 2.27. The van der Waals surface area contributed by atoms with Crippen LogP contribution in [0.3, 0.4) is 0 Å². The van der Waals surface area contributed by atoms with Crippen molar-refractivity contribution >= 4 is 34.3 Å². The summed E-state index contributed by atoms with van der Waals surface area (Å²) < 4.78 is 7.89. The van der Waals surface area contributed by atoms with Crippen LogP contribution in [0.1, 0.15) is 12.8 Å². The molecule has 0 aliphatic carbocycles. The Morgan fingerprint density at radius 3 is 2.89 bits per heavy atom. The predicted octanol–water partition coefficient (Wildman–Crippen LogP) is 5.19. The molecule has 1 unspecified atom stereocenters. The summed E-state index contributed by atoms with van der Waals surface area (Å²) in [7, 11) is 0. The van der Waals surface area contributed by atoms with Gasteiger partial charge in [0.15, 0.2) is 4.80 Å². The number of non-ortho nitro benzene ring substituents is 1. The van der Waals surface area contributed by atoms with E-state index < -0.39 is 0 Å². The summed E-state index contributed by atoms with van der Waals surface area (Å²) in [5.74, 6) is 0. The maximum absolute atomic E-state index is 11.2. The van der Waals surface area contributed by atoms with Crippen LogP contribution < -0.4 is 4.80 Å². The van der Waals surface area contributed by atoms with Gasteiger partial charge in [0, 0.05) is 29.7 Å². The van der Waals surface area contributed by atoms with E-state index in [0.717, 1.165) is 35.5 Å². The molecule has 0 amide bonds. The number of hydrogen-bond donors (Lipinski definition) is 0. The molecule has 4 rings (SSSR count). The number of halogens is 1. The Hall–Kier alpha value is -2.48. The maximum Gasteiger partial charge on any atom is 0.270 e. The summed E-state index contributed by atoms with van der Waals surface area (Å²) in [5.41, 5.74) is 2.42. The average Bonchev–Trinajstić information content (AvgIpc) is 3.35. The van der Waals surface area contributed by atoms with Crippen LogP contribution in [0.15, 0.2) is 58.9 Å². The third kappa shape index (κ3) is 4.01. The van der Waals surface area contributed by atoms with Gasteiger partial charge in [-0.3, -0.25) is 10.1 Å². The van der Waals surface area contributed by atoms with Gasteiger partial charge >= 0.3 is 0 Å². The van der Waals surface area contributed by atoms with Crippen LogP contribution in [0.4, 0.5) is 11.4 Å². The van der Waals surface area contributed by atoms with Gasteiger partial charge in [-0.25, -0.2) is 4.99 Å². The Bertz CT molecular complexity index is 1070. The monoisotopic (exact) mass is 415 g/mol. The maximum atomic E-state index is 11.2. The number of nitro groups is 1. The molecule has 8 heteroatoms. The third-order valence-corrected chi connectivity index (χ3v) is 5.81. The number of rotatable bonds is 5. The van der Waals surface area contributed by atoms with E-state index in [1.54, 1.807) is 18.2 Å². The van der Waals surface area contributed by atoms with Crippen molar-refractivity contribution in [1.82, 2.24) is 4.57 Å². The molecule has 1 aromatic heterocycles. The van der Waals surface area contributed by atoms with E-state index in [-0.39, 0.29) is 16.7 Å². The van der Waals surface area contributed by atoms with E-state index in [0.29, 0.717) is 17.3 Å². The summed E-state index contributed by atoms with van der Waals surface area (Å²) in [5, 5.41) is 13.7. The third-order valence-electron chi connectivity index (χ3n) is 4.63. The van der Waals surface area contributed by atoms with E-state index in [2.05, 4.69) is 4.57 Å². The van der Waals surface area contributed by atoms with Crippen molar-refractivity contribution in [1.29, 1.82) is 0 Å². The summed E-state index contributed by atoms with van der Waals surface area (Å²) in [6, 6.07) is 14.1. The molecule has 3 aromatic rings. The van der Waals surface area contributed by atoms with Gasteiger partial charge in [-0.2, -0.15) is 0 Å². The zero-order valence-electron chi connectivity index (χ0n) is 15.0. The summed E-state index contributed by atoms with van der Waals surface area (Å²) in [4.78, 5) is 16.3. The normalized spacial score (nSPS) is 17.2. The van der Waals surface area contributed by atoms with Gasteiger partial charge in [-0.05, 0) is 25.0 Å². The number of nitro benzene ring substituents is 1. The van der Waals surface area contributed by atoms with Gasteiger partial charge in [-0.1, -0.05) is 35.9 Å². The molecule has 0 N–H and O–H groups in total. The molecule has 0 radical (unpaired) electrons. The van der Waals surface area contributed by atoms with Gasteiger partial charge in [0.25, 0.3) is 5.69 Å². The summed E-state index contributed by atoms with van der Waals surface area (Å²) >= 11 is 7.76. The molecule has 0 saturated carbocycles. The van der Waals surface area contributed by atoms with E-state index in [1.165, 1.54) is 17.4 Å². The van der Waals surface area contributed by atoms with E-state index >= 15 is 0 Å². The minimum absolute atomic E-state index is 0.0666. The highest BCUT2D eigenvalue weighted by molar-refractivity contribution is 7.07. The number of hydrogen-bond acceptors (Lipinski definition) is 5. The highest BCUT2D eigenvalue weighted by Gasteiger charge is 2.20. The molecule has 0 spiro atoms. The van der Waals surface area contributed by atoms with Crippen LogP contribution in [0.2, 0.25) is 5.02 Å². The standard InChI is InChI=1S/C20H18ClN3O3S/c21-17-8-1-2-9-18(17)22-20-23(12-16-7-4-10-27-16)19(13-28-20)14-5-3-6-15(11-14)24(25)26/h1-3,5-6,8-9,11,13,16H,4,7,10,12H2. The zero-order valence-corrected chi connectivity index (χ0v) is 16.5. The highest BCUT2D eigenvalue weighted by atomic mass is 35.5. The van der Waals surface area contributed by atoms with Crippen LogP contribution >= 0.6 is 22.9 Å². The zero-order chi connectivity index (χ0) is 19.5. The minimum Gasteiger partial charge on any atom is -0.376 e. The van der Waals surface area contributed by atoms with Crippen LogP contribution in [0.25, 0.3) is 11.3 Å². The molecule has 6 nitrogen and oxygen atoms in total. The molecular weight excluding hydrogens is 398 g/mol. The first kappa shape index (κ1) is 18.9. The molecule has 1 aliphatic heterocycles. The minimum atomic E-state index is -0.380. The fourth-order valence-corrected chi connectivity index (χ4v) is 4.35. The second-order valence-corrected chi connectivity index (χ2v) is 7.76. The van der Waals surface area contributed by atoms with Gasteiger partial charge in [-0.15, -0.1) is 11.3 Å². The number of nitrogens with zero attached hydrogens (tertiary/aromatic N) is 3. The van der Waals surface area contributed by atoms with Crippen molar-refractivity contribution < 1.29 is 9.66 Å². The van der Waals surface area contributed by atoms with E-state index in [4.69, 9.17) is 21.3 Å². The quantitative estimate of drug-likeness (QED) is 0.425. The fourth-order valence-electron chi connectivity index (χ4n) is 3.24. The summed E-state index contributed by atoms with van der Waals surface area (Å²) in [6.45, 7) is 1.41. The fraction of sp³-hybridized carbons (Fsp3) is 0.250. The van der Waals surface area contributed by atoms with Crippen molar-refractivity contribution in [2.24, 2.45) is 4.99 Å². The lowest BCUT2D eigenvalue weighted by atomic mass is 10.1. The van der Waals surface area contributed by atoms with Crippen LogP contribution in [-0.4, -0.2) is 22.2 Å². The molecular formula is C20H18ClN3O3S. The second kappa shape index (κ2) is 8.26. The predicted molar refractivity (Wildman–Crippen MR) is 110 cm³/mol. The average molecular weight is 416 g/mol. The molecule has 2 heterocycles. The topological polar surface area (TPSA) is 69.7 Å². The number of ether oxygens (including phenoxy) is 1. The van der Waals surface area contributed by atoms with Crippen molar-refractivity contribution in [2.45, 2.75) is 25.5 Å². The SMILES string of the molecule is O=[N+]([O-])c1cccc(-c2csc(=Nc3ccccc3Cl)n2CC2CCCO2)c1. The van der Waals surface area contributed by atoms with E-state index in [1.807, 2.05) is 29.6 Å². The number of thiazole rings is 1. The van der Waals surface area contributed by atoms with Crippen molar-refractivity contribution in [3.05, 3.63) is 73.8 Å². The lowest BCUT2D eigenvalue weighted by Gasteiger charge is -2.14. The molecule has 1 saturated heterocycles. The number of para-hydroxylation sites is 1. The Morgan fingerprint density at radius 2 is 2.14 bits per heavy atom. The van der Waals surface area contributed by atoms with Crippen LogP contribution in [0.5, 0.6) is 0 Å². The lowest BCUT2D eigenvalue weighted by Crippen LogP contribution is -2.24. The molecule has 1 fully saturated rings. The molecule has 1 atom stereocenters. The largest absolute Gasteiger partial charge is 0.376 e. The molecule has 28 heavy (non-hydrogen) atoms. The Labute approximate surface area is 170 Å². The Balaban J connectivity index is 1.83. The number of benzene rings is 2. The van der Waals surface area contributed by atoms with Crippen molar-refractivity contribution in [3.8, 4) is 11.3 Å².